The van der Waals surface area contributed by atoms with Crippen LogP contribution in [0.1, 0.15) is 45.5 Å². The van der Waals surface area contributed by atoms with Crippen LogP contribution in [0.3, 0.4) is 0 Å². The van der Waals surface area contributed by atoms with E-state index in [4.69, 9.17) is 4.74 Å². The van der Waals surface area contributed by atoms with Gasteiger partial charge in [-0.15, -0.1) is 11.3 Å². The minimum atomic E-state index is -0.509. The molecular formula is C23H25N5O2S. The minimum absolute atomic E-state index is 0.0821. The lowest BCUT2D eigenvalue weighted by Crippen LogP contribution is -2.36. The van der Waals surface area contributed by atoms with Crippen molar-refractivity contribution in [2.75, 3.05) is 6.54 Å². The van der Waals surface area contributed by atoms with Gasteiger partial charge in [-0.05, 0) is 39.2 Å². The van der Waals surface area contributed by atoms with Gasteiger partial charge in [-0.25, -0.2) is 14.8 Å². The highest BCUT2D eigenvalue weighted by Crippen LogP contribution is 2.33. The number of likely N-dealkylation sites (tertiary alicyclic amines) is 1. The fraction of sp³-hybridized carbons (Fsp3) is 0.348. The Balaban J connectivity index is 1.34. The topological polar surface area (TPSA) is 75.5 Å². The summed E-state index contributed by atoms with van der Waals surface area (Å²) in [5.41, 5.74) is 3.51. The van der Waals surface area contributed by atoms with E-state index in [2.05, 4.69) is 39.2 Å². The molecule has 1 saturated heterocycles. The predicted octanol–water partition coefficient (Wildman–Crippen LogP) is 5.52. The highest BCUT2D eigenvalue weighted by Gasteiger charge is 2.34. The van der Waals surface area contributed by atoms with Crippen molar-refractivity contribution in [3.05, 3.63) is 54.1 Å². The first-order chi connectivity index (χ1) is 14.9. The SMILES string of the molecule is CC(C)(C)OC(=O)N1CCC[C@H]1c1ncc(-c2ccc(-c3cn4ccsc4n3)cc2)[nH]1. The standard InChI is InChI=1S/C23H25N5O2S/c1-23(2,3)30-22(29)28-10-4-5-19(28)20-24-13-17(25-20)15-6-8-16(9-7-15)18-14-27-11-12-31-21(27)26-18/h6-9,11-14,19H,4-5,10H2,1-3H3,(H,24,25)/t19-/m0/s1. The normalized spacial score (nSPS) is 16.9. The second-order valence-electron chi connectivity index (χ2n) is 8.81. The fourth-order valence-corrected chi connectivity index (χ4v) is 4.63. The van der Waals surface area contributed by atoms with Crippen molar-refractivity contribution in [1.29, 1.82) is 0 Å². The summed E-state index contributed by atoms with van der Waals surface area (Å²) in [7, 11) is 0. The smallest absolute Gasteiger partial charge is 0.410 e. The van der Waals surface area contributed by atoms with Gasteiger partial charge in [0, 0.05) is 29.9 Å². The first kappa shape index (κ1) is 19.8. The van der Waals surface area contributed by atoms with Crippen molar-refractivity contribution >= 4 is 22.4 Å². The molecule has 1 amide bonds. The molecule has 7 nitrogen and oxygen atoms in total. The van der Waals surface area contributed by atoms with E-state index in [0.717, 1.165) is 46.1 Å². The lowest BCUT2D eigenvalue weighted by Gasteiger charge is -2.27. The number of hydrogen-bond acceptors (Lipinski definition) is 5. The summed E-state index contributed by atoms with van der Waals surface area (Å²) in [6.07, 6.45) is 7.43. The molecule has 0 spiro atoms. The molecule has 160 valence electrons. The number of fused-ring (bicyclic) bond motifs is 1. The van der Waals surface area contributed by atoms with Crippen LogP contribution >= 0.6 is 11.3 Å². The summed E-state index contributed by atoms with van der Waals surface area (Å²) in [5, 5.41) is 2.03. The number of carbonyl (C=O) groups is 1. The number of ether oxygens (including phenoxy) is 1. The van der Waals surface area contributed by atoms with Gasteiger partial charge in [0.15, 0.2) is 4.96 Å². The van der Waals surface area contributed by atoms with E-state index in [1.54, 1.807) is 16.2 Å². The van der Waals surface area contributed by atoms with Crippen LogP contribution in [0.2, 0.25) is 0 Å². The number of rotatable bonds is 3. The van der Waals surface area contributed by atoms with Gasteiger partial charge in [-0.3, -0.25) is 9.30 Å². The van der Waals surface area contributed by atoms with E-state index in [1.165, 1.54) is 0 Å². The molecule has 3 aromatic heterocycles. The molecule has 1 aliphatic heterocycles. The van der Waals surface area contributed by atoms with Crippen molar-refractivity contribution in [1.82, 2.24) is 24.3 Å². The van der Waals surface area contributed by atoms with Crippen LogP contribution in [0, 0.1) is 0 Å². The van der Waals surface area contributed by atoms with Crippen LogP contribution in [0.4, 0.5) is 4.79 Å². The lowest BCUT2D eigenvalue weighted by atomic mass is 10.1. The van der Waals surface area contributed by atoms with E-state index in [9.17, 15) is 4.79 Å². The van der Waals surface area contributed by atoms with E-state index in [1.807, 2.05) is 49.1 Å². The average Bonchev–Trinajstić information content (AvgIpc) is 3.49. The van der Waals surface area contributed by atoms with Crippen LogP contribution in [0.5, 0.6) is 0 Å². The maximum absolute atomic E-state index is 12.6. The average molecular weight is 436 g/mol. The Morgan fingerprint density at radius 3 is 2.74 bits per heavy atom. The summed E-state index contributed by atoms with van der Waals surface area (Å²) >= 11 is 1.62. The molecular weight excluding hydrogens is 410 g/mol. The van der Waals surface area contributed by atoms with E-state index in [0.29, 0.717) is 6.54 Å². The van der Waals surface area contributed by atoms with Gasteiger partial charge in [0.2, 0.25) is 0 Å². The first-order valence-corrected chi connectivity index (χ1v) is 11.3. The third kappa shape index (κ3) is 3.95. The zero-order chi connectivity index (χ0) is 21.6. The number of hydrogen-bond donors (Lipinski definition) is 1. The quantitative estimate of drug-likeness (QED) is 0.459. The van der Waals surface area contributed by atoms with Gasteiger partial charge >= 0.3 is 6.09 Å². The molecule has 4 heterocycles. The Labute approximate surface area is 184 Å². The summed E-state index contributed by atoms with van der Waals surface area (Å²) in [4.78, 5) is 28.0. The third-order valence-corrected chi connectivity index (χ3v) is 6.15. The highest BCUT2D eigenvalue weighted by molar-refractivity contribution is 7.15. The first-order valence-electron chi connectivity index (χ1n) is 10.4. The number of aromatic amines is 1. The van der Waals surface area contributed by atoms with Crippen molar-refractivity contribution in [2.24, 2.45) is 0 Å². The summed E-state index contributed by atoms with van der Waals surface area (Å²) in [5.74, 6) is 0.803. The molecule has 0 aliphatic carbocycles. The number of benzene rings is 1. The largest absolute Gasteiger partial charge is 0.444 e. The molecule has 1 aliphatic rings. The summed E-state index contributed by atoms with van der Waals surface area (Å²) < 4.78 is 7.61. The van der Waals surface area contributed by atoms with Crippen LogP contribution < -0.4 is 0 Å². The van der Waals surface area contributed by atoms with E-state index in [-0.39, 0.29) is 12.1 Å². The second kappa shape index (κ2) is 7.53. The zero-order valence-electron chi connectivity index (χ0n) is 17.8. The van der Waals surface area contributed by atoms with Crippen molar-refractivity contribution in [2.45, 2.75) is 45.3 Å². The van der Waals surface area contributed by atoms with Gasteiger partial charge in [0.05, 0.1) is 23.6 Å². The molecule has 4 aromatic rings. The van der Waals surface area contributed by atoms with Gasteiger partial charge in [0.1, 0.15) is 11.4 Å². The second-order valence-corrected chi connectivity index (χ2v) is 9.68. The molecule has 1 N–H and O–H groups in total. The van der Waals surface area contributed by atoms with Gasteiger partial charge in [-0.2, -0.15) is 0 Å². The van der Waals surface area contributed by atoms with Crippen molar-refractivity contribution in [3.63, 3.8) is 0 Å². The maximum atomic E-state index is 12.6. The van der Waals surface area contributed by atoms with Crippen LogP contribution in [0.25, 0.3) is 27.5 Å². The number of aromatic nitrogens is 4. The van der Waals surface area contributed by atoms with E-state index < -0.39 is 5.60 Å². The van der Waals surface area contributed by atoms with Crippen molar-refractivity contribution < 1.29 is 9.53 Å². The Bertz CT molecular complexity index is 1190. The van der Waals surface area contributed by atoms with Gasteiger partial charge < -0.3 is 9.72 Å². The minimum Gasteiger partial charge on any atom is -0.444 e. The van der Waals surface area contributed by atoms with Crippen LogP contribution in [-0.4, -0.2) is 42.5 Å². The Kier molecular flexibility index (Phi) is 4.81. The number of nitrogens with zero attached hydrogens (tertiary/aromatic N) is 4. The lowest BCUT2D eigenvalue weighted by molar-refractivity contribution is 0.0218. The molecule has 0 radical (unpaired) electrons. The number of imidazole rings is 2. The summed E-state index contributed by atoms with van der Waals surface area (Å²) in [6, 6.07) is 8.21. The number of nitrogens with one attached hydrogen (secondary N) is 1. The third-order valence-electron chi connectivity index (χ3n) is 5.38. The molecule has 1 fully saturated rings. The molecule has 8 heteroatoms. The van der Waals surface area contributed by atoms with Crippen LogP contribution in [0.15, 0.2) is 48.2 Å². The Hall–Kier alpha value is -3.13. The van der Waals surface area contributed by atoms with Crippen molar-refractivity contribution in [3.8, 4) is 22.5 Å². The molecule has 31 heavy (non-hydrogen) atoms. The number of H-pyrrole nitrogens is 1. The predicted molar refractivity (Wildman–Crippen MR) is 121 cm³/mol. The zero-order valence-corrected chi connectivity index (χ0v) is 18.6. The van der Waals surface area contributed by atoms with E-state index >= 15 is 0 Å². The maximum Gasteiger partial charge on any atom is 0.410 e. The summed E-state index contributed by atoms with van der Waals surface area (Å²) in [6.45, 7) is 6.35. The molecule has 0 unspecified atom stereocenters. The monoisotopic (exact) mass is 435 g/mol. The van der Waals surface area contributed by atoms with Gasteiger partial charge in [0.25, 0.3) is 0 Å². The Morgan fingerprint density at radius 2 is 2.00 bits per heavy atom. The number of carbonyl (C=O) groups excluding carboxylic acids is 1. The number of amides is 1. The number of thiazole rings is 1. The Morgan fingerprint density at radius 1 is 1.23 bits per heavy atom. The molecule has 1 atom stereocenters. The highest BCUT2D eigenvalue weighted by atomic mass is 32.1. The molecule has 0 saturated carbocycles. The molecule has 0 bridgehead atoms. The fourth-order valence-electron chi connectivity index (χ4n) is 3.93. The van der Waals surface area contributed by atoms with Crippen LogP contribution in [-0.2, 0) is 4.74 Å². The molecule has 1 aromatic carbocycles. The van der Waals surface area contributed by atoms with Gasteiger partial charge in [-0.1, -0.05) is 24.3 Å². The molecule has 5 rings (SSSR count).